The number of nitrogen functional groups attached to an aromatic ring is 1. The molecule has 108 valence electrons. The summed E-state index contributed by atoms with van der Waals surface area (Å²) in [6.07, 6.45) is 2.04. The van der Waals surface area contributed by atoms with Gasteiger partial charge >= 0.3 is 5.97 Å². The van der Waals surface area contributed by atoms with E-state index < -0.39 is 5.97 Å². The number of hydrogen-bond acceptors (Lipinski definition) is 6. The van der Waals surface area contributed by atoms with Gasteiger partial charge in [-0.3, -0.25) is 9.36 Å². The van der Waals surface area contributed by atoms with E-state index in [2.05, 4.69) is 10.2 Å². The number of anilines is 1. The second-order valence-electron chi connectivity index (χ2n) is 4.30. The molecule has 0 bridgehead atoms. The normalized spacial score (nSPS) is 11.1. The fourth-order valence-corrected chi connectivity index (χ4v) is 2.13. The number of rotatable bonds is 9. The molecule has 0 aliphatic carbocycles. The van der Waals surface area contributed by atoms with Crippen LogP contribution in [0.5, 0.6) is 0 Å². The van der Waals surface area contributed by atoms with E-state index in [1.54, 1.807) is 4.57 Å². The molecule has 0 fully saturated rings. The van der Waals surface area contributed by atoms with Gasteiger partial charge in [-0.15, -0.1) is 10.2 Å². The van der Waals surface area contributed by atoms with Crippen molar-refractivity contribution in [3.05, 3.63) is 0 Å². The first-order chi connectivity index (χ1) is 9.00. The van der Waals surface area contributed by atoms with Crippen LogP contribution in [0.4, 0.5) is 5.95 Å². The van der Waals surface area contributed by atoms with Gasteiger partial charge in [0.05, 0.1) is 11.9 Å². The Hall–Kier alpha value is -1.28. The van der Waals surface area contributed by atoms with Gasteiger partial charge in [-0.25, -0.2) is 0 Å². The van der Waals surface area contributed by atoms with Gasteiger partial charge in [0.15, 0.2) is 5.16 Å². The lowest BCUT2D eigenvalue weighted by molar-refractivity contribution is -0.133. The van der Waals surface area contributed by atoms with Crippen LogP contribution in [0.3, 0.4) is 0 Å². The van der Waals surface area contributed by atoms with Crippen molar-refractivity contribution in [2.24, 2.45) is 0 Å². The third-order valence-corrected chi connectivity index (χ3v) is 3.25. The molecule has 0 amide bonds. The number of unbranched alkanes of at least 4 members (excludes halogenated alkanes) is 1. The van der Waals surface area contributed by atoms with Crippen molar-refractivity contribution in [3.63, 3.8) is 0 Å². The monoisotopic (exact) mass is 288 g/mol. The Morgan fingerprint density at radius 2 is 2.21 bits per heavy atom. The van der Waals surface area contributed by atoms with E-state index in [0.717, 1.165) is 24.6 Å². The van der Waals surface area contributed by atoms with Crippen LogP contribution in [0.1, 0.15) is 26.7 Å². The van der Waals surface area contributed by atoms with E-state index >= 15 is 0 Å². The van der Waals surface area contributed by atoms with Gasteiger partial charge in [-0.05, 0) is 26.7 Å². The first-order valence-corrected chi connectivity index (χ1v) is 7.14. The van der Waals surface area contributed by atoms with E-state index in [4.69, 9.17) is 15.6 Å². The lowest BCUT2D eigenvalue weighted by Crippen LogP contribution is -2.08. The number of aliphatic carboxylic acids is 1. The molecule has 1 aromatic rings. The molecule has 0 saturated heterocycles. The second-order valence-corrected chi connectivity index (χ2v) is 5.24. The summed E-state index contributed by atoms with van der Waals surface area (Å²) in [6.45, 7) is 5.37. The maximum atomic E-state index is 10.5. The van der Waals surface area contributed by atoms with Gasteiger partial charge in [-0.2, -0.15) is 0 Å². The van der Waals surface area contributed by atoms with Gasteiger partial charge in [0.1, 0.15) is 0 Å². The fourth-order valence-electron chi connectivity index (χ4n) is 1.43. The minimum Gasteiger partial charge on any atom is -0.481 e. The highest BCUT2D eigenvalue weighted by molar-refractivity contribution is 7.99. The first kappa shape index (κ1) is 15.8. The molecule has 1 rings (SSSR count). The van der Waals surface area contributed by atoms with Gasteiger partial charge in [0, 0.05) is 13.2 Å². The zero-order chi connectivity index (χ0) is 14.3. The summed E-state index contributed by atoms with van der Waals surface area (Å²) in [6, 6.07) is 0. The van der Waals surface area contributed by atoms with E-state index in [1.807, 2.05) is 13.8 Å². The Kier molecular flexibility index (Phi) is 6.65. The average Bonchev–Trinajstić information content (AvgIpc) is 2.67. The van der Waals surface area contributed by atoms with Gasteiger partial charge in [0.2, 0.25) is 5.95 Å². The number of nitrogens with zero attached hydrogens (tertiary/aromatic N) is 3. The highest BCUT2D eigenvalue weighted by atomic mass is 32.2. The SMILES string of the molecule is CC(C)OCCCCn1c(N)nnc1SCC(=O)O. The van der Waals surface area contributed by atoms with Crippen LogP contribution in [-0.2, 0) is 16.1 Å². The van der Waals surface area contributed by atoms with E-state index in [-0.39, 0.29) is 11.9 Å². The predicted molar refractivity (Wildman–Crippen MR) is 73.1 cm³/mol. The van der Waals surface area contributed by atoms with Crippen molar-refractivity contribution in [3.8, 4) is 0 Å². The van der Waals surface area contributed by atoms with Crippen molar-refractivity contribution in [1.29, 1.82) is 0 Å². The van der Waals surface area contributed by atoms with Crippen molar-refractivity contribution >= 4 is 23.7 Å². The maximum Gasteiger partial charge on any atom is 0.313 e. The lowest BCUT2D eigenvalue weighted by atomic mass is 10.3. The Balaban J connectivity index is 2.39. The minimum absolute atomic E-state index is 0.0470. The topological polar surface area (TPSA) is 103 Å². The van der Waals surface area contributed by atoms with Crippen molar-refractivity contribution in [2.45, 2.75) is 44.5 Å². The quantitative estimate of drug-likeness (QED) is 0.520. The van der Waals surface area contributed by atoms with Crippen LogP contribution in [-0.4, -0.2) is 44.3 Å². The molecule has 0 aliphatic rings. The Morgan fingerprint density at radius 3 is 2.84 bits per heavy atom. The van der Waals surface area contributed by atoms with E-state index in [1.165, 1.54) is 0 Å². The van der Waals surface area contributed by atoms with E-state index in [9.17, 15) is 4.79 Å². The third kappa shape index (κ3) is 5.93. The summed E-state index contributed by atoms with van der Waals surface area (Å²) in [4.78, 5) is 10.5. The molecule has 0 atom stereocenters. The van der Waals surface area contributed by atoms with Crippen LogP contribution >= 0.6 is 11.8 Å². The molecule has 0 saturated carbocycles. The fraction of sp³-hybridized carbons (Fsp3) is 0.727. The third-order valence-electron chi connectivity index (χ3n) is 2.30. The zero-order valence-corrected chi connectivity index (χ0v) is 12.0. The zero-order valence-electron chi connectivity index (χ0n) is 11.2. The second kappa shape index (κ2) is 8.00. The van der Waals surface area contributed by atoms with Gasteiger partial charge in [0.25, 0.3) is 0 Å². The summed E-state index contributed by atoms with van der Waals surface area (Å²) in [5, 5.41) is 16.8. The molecule has 3 N–H and O–H groups in total. The lowest BCUT2D eigenvalue weighted by Gasteiger charge is -2.09. The molecule has 1 heterocycles. The van der Waals surface area contributed by atoms with Crippen molar-refractivity contribution < 1.29 is 14.6 Å². The first-order valence-electron chi connectivity index (χ1n) is 6.15. The smallest absolute Gasteiger partial charge is 0.313 e. The number of carboxylic acid groups (broad SMARTS) is 1. The van der Waals surface area contributed by atoms with Crippen molar-refractivity contribution in [2.75, 3.05) is 18.1 Å². The Morgan fingerprint density at radius 1 is 1.47 bits per heavy atom. The molecule has 0 spiro atoms. The number of carbonyl (C=O) groups is 1. The summed E-state index contributed by atoms with van der Waals surface area (Å²) < 4.78 is 7.19. The number of nitrogens with two attached hydrogens (primary N) is 1. The summed E-state index contributed by atoms with van der Waals surface area (Å²) in [5.41, 5.74) is 5.71. The molecule has 0 aliphatic heterocycles. The van der Waals surface area contributed by atoms with Crippen molar-refractivity contribution in [1.82, 2.24) is 14.8 Å². The summed E-state index contributed by atoms with van der Waals surface area (Å²) in [5.74, 6) is -0.615. The van der Waals surface area contributed by atoms with Crippen LogP contribution in [0, 0.1) is 0 Å². The number of thioether (sulfide) groups is 1. The molecule has 19 heavy (non-hydrogen) atoms. The molecule has 1 aromatic heterocycles. The molecule has 8 heteroatoms. The highest BCUT2D eigenvalue weighted by Gasteiger charge is 2.11. The van der Waals surface area contributed by atoms with E-state index in [0.29, 0.717) is 24.3 Å². The largest absolute Gasteiger partial charge is 0.481 e. The average molecular weight is 288 g/mol. The standard InChI is InChI=1S/C11H20N4O3S/c1-8(2)18-6-4-3-5-15-10(12)13-14-11(15)19-7-9(16)17/h8H,3-7H2,1-2H3,(H2,12,13)(H,16,17). The van der Waals surface area contributed by atoms with Gasteiger partial charge in [-0.1, -0.05) is 11.8 Å². The van der Waals surface area contributed by atoms with Crippen LogP contribution < -0.4 is 5.73 Å². The number of aromatic nitrogens is 3. The molecular weight excluding hydrogens is 268 g/mol. The number of ether oxygens (including phenoxy) is 1. The molecule has 0 radical (unpaired) electrons. The molecule has 7 nitrogen and oxygen atoms in total. The van der Waals surface area contributed by atoms with Crippen LogP contribution in [0.15, 0.2) is 5.16 Å². The number of hydrogen-bond donors (Lipinski definition) is 2. The van der Waals surface area contributed by atoms with Crippen LogP contribution in [0.25, 0.3) is 0 Å². The summed E-state index contributed by atoms with van der Waals surface area (Å²) in [7, 11) is 0. The molecule has 0 aromatic carbocycles. The molecular formula is C11H20N4O3S. The maximum absolute atomic E-state index is 10.5. The Bertz CT molecular complexity index is 409. The molecule has 0 unspecified atom stereocenters. The van der Waals surface area contributed by atoms with Crippen LogP contribution in [0.2, 0.25) is 0 Å². The van der Waals surface area contributed by atoms with Gasteiger partial charge < -0.3 is 15.6 Å². The summed E-state index contributed by atoms with van der Waals surface area (Å²) >= 11 is 1.12. The highest BCUT2D eigenvalue weighted by Crippen LogP contribution is 2.18. The number of carboxylic acids is 1. The minimum atomic E-state index is -0.886. The predicted octanol–water partition coefficient (Wildman–Crippen LogP) is 1.24. The Labute approximate surface area is 116 Å².